The minimum atomic E-state index is -0.274. The fraction of sp³-hybridized carbons (Fsp3) is 0.136. The Morgan fingerprint density at radius 1 is 1.03 bits per heavy atom. The largest absolute Gasteiger partial charge is 0.397 e. The Morgan fingerprint density at radius 2 is 1.86 bits per heavy atom. The summed E-state index contributed by atoms with van der Waals surface area (Å²) in [5, 5.41) is 5.57. The first-order chi connectivity index (χ1) is 14.0. The van der Waals surface area contributed by atoms with Gasteiger partial charge in [-0.05, 0) is 54.4 Å². The number of carbonyl (C=O) groups is 2. The van der Waals surface area contributed by atoms with Crippen LogP contribution in [0.1, 0.15) is 21.5 Å². The summed E-state index contributed by atoms with van der Waals surface area (Å²) in [6.07, 6.45) is 3.37. The van der Waals surface area contributed by atoms with Gasteiger partial charge in [-0.1, -0.05) is 18.2 Å². The number of benzene rings is 2. The summed E-state index contributed by atoms with van der Waals surface area (Å²) < 4.78 is 5.41. The summed E-state index contributed by atoms with van der Waals surface area (Å²) in [5.74, 6) is -0.546. The second kappa shape index (κ2) is 9.48. The Balaban J connectivity index is 1.55. The van der Waals surface area contributed by atoms with Gasteiger partial charge in [0.05, 0.1) is 18.0 Å². The average Bonchev–Trinajstić information content (AvgIpc) is 2.72. The number of amides is 2. The highest BCUT2D eigenvalue weighted by atomic mass is 16.5. The lowest BCUT2D eigenvalue weighted by Gasteiger charge is -2.12. The highest BCUT2D eigenvalue weighted by molar-refractivity contribution is 6.06. The number of para-hydroxylation sites is 2. The molecule has 0 spiro atoms. The highest BCUT2D eigenvalue weighted by Gasteiger charge is 2.11. The molecule has 0 aliphatic rings. The molecule has 0 atom stereocenters. The SMILES string of the molecule is Cc1cc(C(=O)Nc2ccccc2N)ccc1NC(=O)COCc1cccnc1. The molecule has 7 nitrogen and oxygen atoms in total. The van der Waals surface area contributed by atoms with E-state index in [1.54, 1.807) is 54.9 Å². The Morgan fingerprint density at radius 3 is 2.59 bits per heavy atom. The van der Waals surface area contributed by atoms with Crippen LogP contribution in [0.3, 0.4) is 0 Å². The van der Waals surface area contributed by atoms with Crippen molar-refractivity contribution in [3.05, 3.63) is 83.7 Å². The third kappa shape index (κ3) is 5.63. The number of aryl methyl sites for hydroxylation is 1. The van der Waals surface area contributed by atoms with E-state index in [-0.39, 0.29) is 18.4 Å². The summed E-state index contributed by atoms with van der Waals surface area (Å²) >= 11 is 0. The van der Waals surface area contributed by atoms with Gasteiger partial charge in [0, 0.05) is 23.6 Å². The van der Waals surface area contributed by atoms with Crippen LogP contribution in [0.2, 0.25) is 0 Å². The van der Waals surface area contributed by atoms with Gasteiger partial charge in [-0.2, -0.15) is 0 Å². The number of rotatable bonds is 7. The van der Waals surface area contributed by atoms with Gasteiger partial charge in [0.25, 0.3) is 5.91 Å². The molecule has 3 aromatic rings. The molecule has 0 unspecified atom stereocenters. The first-order valence-corrected chi connectivity index (χ1v) is 9.06. The molecular formula is C22H22N4O3. The number of nitrogens with zero attached hydrogens (tertiary/aromatic N) is 1. The van der Waals surface area contributed by atoms with E-state index in [1.807, 2.05) is 19.1 Å². The van der Waals surface area contributed by atoms with Crippen molar-refractivity contribution in [2.45, 2.75) is 13.5 Å². The molecule has 148 valence electrons. The van der Waals surface area contributed by atoms with Crippen molar-refractivity contribution in [2.24, 2.45) is 0 Å². The molecule has 7 heteroatoms. The van der Waals surface area contributed by atoms with Gasteiger partial charge >= 0.3 is 0 Å². The summed E-state index contributed by atoms with van der Waals surface area (Å²) in [6, 6.07) is 15.8. The molecule has 0 aliphatic heterocycles. The number of pyridine rings is 1. The lowest BCUT2D eigenvalue weighted by molar-refractivity contribution is -0.121. The second-order valence-corrected chi connectivity index (χ2v) is 6.47. The van der Waals surface area contributed by atoms with E-state index < -0.39 is 0 Å². The molecule has 0 aliphatic carbocycles. The number of aromatic nitrogens is 1. The molecule has 2 aromatic carbocycles. The van der Waals surface area contributed by atoms with E-state index in [0.29, 0.717) is 29.2 Å². The molecule has 0 bridgehead atoms. The smallest absolute Gasteiger partial charge is 0.255 e. The van der Waals surface area contributed by atoms with Crippen molar-refractivity contribution in [2.75, 3.05) is 23.0 Å². The molecule has 1 heterocycles. The van der Waals surface area contributed by atoms with Crippen LogP contribution >= 0.6 is 0 Å². The highest BCUT2D eigenvalue weighted by Crippen LogP contribution is 2.20. The maximum Gasteiger partial charge on any atom is 0.255 e. The number of hydrogen-bond donors (Lipinski definition) is 3. The standard InChI is InChI=1S/C22H22N4O3/c1-15-11-17(22(28)26-20-7-3-2-6-18(20)23)8-9-19(15)25-21(27)14-29-13-16-5-4-10-24-12-16/h2-12H,13-14,23H2,1H3,(H,25,27)(H,26,28). The maximum absolute atomic E-state index is 12.4. The monoisotopic (exact) mass is 390 g/mol. The van der Waals surface area contributed by atoms with Crippen LogP contribution in [0.25, 0.3) is 0 Å². The van der Waals surface area contributed by atoms with Crippen LogP contribution in [0.5, 0.6) is 0 Å². The number of nitrogens with two attached hydrogens (primary N) is 1. The van der Waals surface area contributed by atoms with Crippen LogP contribution in [-0.2, 0) is 16.1 Å². The Labute approximate surface area is 168 Å². The normalized spacial score (nSPS) is 10.4. The number of nitrogens with one attached hydrogen (secondary N) is 2. The third-order valence-corrected chi connectivity index (χ3v) is 4.20. The average molecular weight is 390 g/mol. The van der Waals surface area contributed by atoms with Crippen molar-refractivity contribution >= 4 is 28.9 Å². The predicted octanol–water partition coefficient (Wildman–Crippen LogP) is 3.38. The van der Waals surface area contributed by atoms with E-state index >= 15 is 0 Å². The number of nitrogen functional groups attached to an aromatic ring is 1. The van der Waals surface area contributed by atoms with E-state index in [1.165, 1.54) is 0 Å². The molecule has 0 saturated heterocycles. The Hall–Kier alpha value is -3.71. The van der Waals surface area contributed by atoms with Gasteiger partial charge in [0.15, 0.2) is 0 Å². The van der Waals surface area contributed by atoms with E-state index in [0.717, 1.165) is 11.1 Å². The van der Waals surface area contributed by atoms with Crippen LogP contribution in [0.4, 0.5) is 17.1 Å². The van der Waals surface area contributed by atoms with Crippen LogP contribution in [-0.4, -0.2) is 23.4 Å². The maximum atomic E-state index is 12.4. The number of hydrogen-bond acceptors (Lipinski definition) is 5. The zero-order valence-electron chi connectivity index (χ0n) is 16.0. The molecule has 0 saturated carbocycles. The van der Waals surface area contributed by atoms with Gasteiger partial charge in [-0.3, -0.25) is 14.6 Å². The predicted molar refractivity (Wildman–Crippen MR) is 113 cm³/mol. The van der Waals surface area contributed by atoms with E-state index in [2.05, 4.69) is 15.6 Å². The summed E-state index contributed by atoms with van der Waals surface area (Å²) in [5.41, 5.74) is 9.65. The quantitative estimate of drug-likeness (QED) is 0.536. The van der Waals surface area contributed by atoms with E-state index in [4.69, 9.17) is 10.5 Å². The van der Waals surface area contributed by atoms with Gasteiger partial charge in [0.2, 0.25) is 5.91 Å². The second-order valence-electron chi connectivity index (χ2n) is 6.47. The lowest BCUT2D eigenvalue weighted by atomic mass is 10.1. The van der Waals surface area contributed by atoms with E-state index in [9.17, 15) is 9.59 Å². The molecule has 3 rings (SSSR count). The van der Waals surface area contributed by atoms with Crippen LogP contribution in [0, 0.1) is 6.92 Å². The molecule has 0 radical (unpaired) electrons. The zero-order chi connectivity index (χ0) is 20.6. The number of ether oxygens (including phenoxy) is 1. The fourth-order valence-electron chi connectivity index (χ4n) is 2.68. The van der Waals surface area contributed by atoms with Gasteiger partial charge < -0.3 is 21.1 Å². The van der Waals surface area contributed by atoms with Gasteiger partial charge in [0.1, 0.15) is 6.61 Å². The van der Waals surface area contributed by atoms with Crippen molar-refractivity contribution in [3.8, 4) is 0 Å². The van der Waals surface area contributed by atoms with Gasteiger partial charge in [-0.25, -0.2) is 0 Å². The minimum absolute atomic E-state index is 0.0795. The van der Waals surface area contributed by atoms with Crippen molar-refractivity contribution < 1.29 is 14.3 Å². The third-order valence-electron chi connectivity index (χ3n) is 4.20. The molecule has 2 amide bonds. The lowest BCUT2D eigenvalue weighted by Crippen LogP contribution is -2.19. The van der Waals surface area contributed by atoms with Crippen molar-refractivity contribution in [1.29, 1.82) is 0 Å². The molecular weight excluding hydrogens is 368 g/mol. The molecule has 29 heavy (non-hydrogen) atoms. The van der Waals surface area contributed by atoms with Crippen molar-refractivity contribution in [1.82, 2.24) is 4.98 Å². The summed E-state index contributed by atoms with van der Waals surface area (Å²) in [4.78, 5) is 28.6. The number of carbonyl (C=O) groups excluding carboxylic acids is 2. The first kappa shape index (κ1) is 20.0. The first-order valence-electron chi connectivity index (χ1n) is 9.06. The Bertz CT molecular complexity index is 1010. The number of anilines is 3. The molecule has 0 fully saturated rings. The molecule has 1 aromatic heterocycles. The van der Waals surface area contributed by atoms with Gasteiger partial charge in [-0.15, -0.1) is 0 Å². The van der Waals surface area contributed by atoms with Crippen LogP contribution in [0.15, 0.2) is 67.0 Å². The van der Waals surface area contributed by atoms with Crippen LogP contribution < -0.4 is 16.4 Å². The zero-order valence-corrected chi connectivity index (χ0v) is 16.0. The topological polar surface area (TPSA) is 106 Å². The summed E-state index contributed by atoms with van der Waals surface area (Å²) in [7, 11) is 0. The summed E-state index contributed by atoms with van der Waals surface area (Å²) in [6.45, 7) is 2.05. The van der Waals surface area contributed by atoms with Crippen molar-refractivity contribution in [3.63, 3.8) is 0 Å². The fourth-order valence-corrected chi connectivity index (χ4v) is 2.68. The minimum Gasteiger partial charge on any atom is -0.397 e. The molecule has 4 N–H and O–H groups in total. The Kier molecular flexibility index (Phi) is 6.55.